The Kier molecular flexibility index (Phi) is 6.32. The van der Waals surface area contributed by atoms with Crippen molar-refractivity contribution < 1.29 is 9.18 Å². The summed E-state index contributed by atoms with van der Waals surface area (Å²) in [6.07, 6.45) is 5.50. The molecule has 160 valence electrons. The van der Waals surface area contributed by atoms with Gasteiger partial charge in [0, 0.05) is 38.9 Å². The number of amides is 1. The van der Waals surface area contributed by atoms with E-state index in [1.54, 1.807) is 12.1 Å². The molecule has 0 atom stereocenters. The molecule has 5 nitrogen and oxygen atoms in total. The molecular weight excluding hydrogens is 379 g/mol. The second kappa shape index (κ2) is 9.13. The molecule has 1 N–H and O–H groups in total. The number of halogens is 1. The summed E-state index contributed by atoms with van der Waals surface area (Å²) >= 11 is 0. The van der Waals surface area contributed by atoms with Gasteiger partial charge < -0.3 is 15.1 Å². The van der Waals surface area contributed by atoms with Crippen molar-refractivity contribution in [2.24, 2.45) is 0 Å². The highest BCUT2D eigenvalue weighted by atomic mass is 19.1. The lowest BCUT2D eigenvalue weighted by atomic mass is 9.78. The second-order valence-corrected chi connectivity index (χ2v) is 8.42. The van der Waals surface area contributed by atoms with E-state index in [4.69, 9.17) is 0 Å². The van der Waals surface area contributed by atoms with Crippen molar-refractivity contribution in [1.29, 1.82) is 0 Å². The van der Waals surface area contributed by atoms with Crippen LogP contribution in [-0.2, 0) is 16.8 Å². The number of piperazine rings is 1. The highest BCUT2D eigenvalue weighted by molar-refractivity contribution is 5.88. The Morgan fingerprint density at radius 3 is 2.47 bits per heavy atom. The Balaban J connectivity index is 1.42. The Bertz CT molecular complexity index is 856. The van der Waals surface area contributed by atoms with Crippen LogP contribution in [0.4, 0.5) is 10.2 Å². The first kappa shape index (κ1) is 20.8. The zero-order valence-corrected chi connectivity index (χ0v) is 17.7. The zero-order chi connectivity index (χ0) is 21.0. The van der Waals surface area contributed by atoms with Gasteiger partial charge >= 0.3 is 0 Å². The molecule has 1 saturated carbocycles. The van der Waals surface area contributed by atoms with Crippen LogP contribution in [0.5, 0.6) is 0 Å². The summed E-state index contributed by atoms with van der Waals surface area (Å²) in [6, 6.07) is 10.5. The molecule has 1 amide bonds. The molecule has 2 aromatic rings. The fourth-order valence-corrected chi connectivity index (χ4v) is 4.78. The highest BCUT2D eigenvalue weighted by Crippen LogP contribution is 2.41. The van der Waals surface area contributed by atoms with Crippen molar-refractivity contribution in [1.82, 2.24) is 15.2 Å². The maximum absolute atomic E-state index is 13.4. The molecule has 4 rings (SSSR count). The van der Waals surface area contributed by atoms with Gasteiger partial charge in [0.25, 0.3) is 0 Å². The van der Waals surface area contributed by atoms with Gasteiger partial charge in [-0.05, 0) is 54.8 Å². The summed E-state index contributed by atoms with van der Waals surface area (Å²) in [7, 11) is 0. The Labute approximate surface area is 178 Å². The van der Waals surface area contributed by atoms with Crippen molar-refractivity contribution in [2.75, 3.05) is 37.6 Å². The van der Waals surface area contributed by atoms with E-state index in [0.717, 1.165) is 75.4 Å². The molecule has 1 aromatic heterocycles. The molecule has 1 aromatic carbocycles. The number of benzene rings is 1. The van der Waals surface area contributed by atoms with Gasteiger partial charge in [-0.3, -0.25) is 4.79 Å². The summed E-state index contributed by atoms with van der Waals surface area (Å²) in [5.41, 5.74) is 1.43. The largest absolute Gasteiger partial charge is 0.354 e. The molecule has 0 bridgehead atoms. The standard InChI is InChI=1S/C24H31FN4O/c1-2-28-13-15-29(16-14-28)22-17-19(9-12-26-22)18-27-23(30)24(10-3-4-11-24)20-5-7-21(25)8-6-20/h5-9,12,17H,2-4,10-11,13-16,18H2,1H3,(H,27,30). The van der Waals surface area contributed by atoms with Gasteiger partial charge in [-0.15, -0.1) is 0 Å². The van der Waals surface area contributed by atoms with Crippen LogP contribution < -0.4 is 10.2 Å². The van der Waals surface area contributed by atoms with Crippen molar-refractivity contribution in [3.05, 3.63) is 59.5 Å². The maximum atomic E-state index is 13.4. The first-order chi connectivity index (χ1) is 14.6. The van der Waals surface area contributed by atoms with Crippen LogP contribution in [0.15, 0.2) is 42.6 Å². The van der Waals surface area contributed by atoms with E-state index in [1.807, 2.05) is 12.3 Å². The third-order valence-corrected chi connectivity index (χ3v) is 6.70. The lowest BCUT2D eigenvalue weighted by Gasteiger charge is -2.34. The number of aromatic nitrogens is 1. The summed E-state index contributed by atoms with van der Waals surface area (Å²) in [4.78, 5) is 22.5. The van der Waals surface area contributed by atoms with Gasteiger partial charge in [0.15, 0.2) is 0 Å². The zero-order valence-electron chi connectivity index (χ0n) is 17.7. The SMILES string of the molecule is CCN1CCN(c2cc(CNC(=O)C3(c4ccc(F)cc4)CCCC3)ccn2)CC1. The number of rotatable bonds is 6. The molecule has 30 heavy (non-hydrogen) atoms. The van der Waals surface area contributed by atoms with E-state index in [0.29, 0.717) is 6.54 Å². The summed E-state index contributed by atoms with van der Waals surface area (Å²) in [5, 5.41) is 3.15. The number of hydrogen-bond acceptors (Lipinski definition) is 4. The van der Waals surface area contributed by atoms with Gasteiger partial charge in [0.1, 0.15) is 11.6 Å². The fraction of sp³-hybridized carbons (Fsp3) is 0.500. The van der Waals surface area contributed by atoms with Gasteiger partial charge in [0.2, 0.25) is 5.91 Å². The van der Waals surface area contributed by atoms with Crippen LogP contribution in [0.1, 0.15) is 43.7 Å². The summed E-state index contributed by atoms with van der Waals surface area (Å²) in [6.45, 7) is 7.82. The fourth-order valence-electron chi connectivity index (χ4n) is 4.78. The average molecular weight is 411 g/mol. The predicted molar refractivity (Wildman–Crippen MR) is 117 cm³/mol. The Morgan fingerprint density at radius 2 is 1.80 bits per heavy atom. The van der Waals surface area contributed by atoms with Crippen LogP contribution in [-0.4, -0.2) is 48.5 Å². The maximum Gasteiger partial charge on any atom is 0.230 e. The number of likely N-dealkylation sites (N-methyl/N-ethyl adjacent to an activating group) is 1. The van der Waals surface area contributed by atoms with Crippen LogP contribution in [0, 0.1) is 5.82 Å². The molecule has 1 aliphatic carbocycles. The smallest absolute Gasteiger partial charge is 0.230 e. The van der Waals surface area contributed by atoms with E-state index in [1.165, 1.54) is 12.1 Å². The number of carbonyl (C=O) groups is 1. The Morgan fingerprint density at radius 1 is 1.10 bits per heavy atom. The number of pyridine rings is 1. The van der Waals surface area contributed by atoms with Crippen LogP contribution in [0.3, 0.4) is 0 Å². The number of nitrogens with one attached hydrogen (secondary N) is 1. The molecule has 6 heteroatoms. The average Bonchev–Trinajstić information content (AvgIpc) is 3.29. The summed E-state index contributed by atoms with van der Waals surface area (Å²) in [5.74, 6) is 0.754. The first-order valence-corrected chi connectivity index (χ1v) is 11.1. The highest BCUT2D eigenvalue weighted by Gasteiger charge is 2.42. The molecule has 0 radical (unpaired) electrons. The third kappa shape index (κ3) is 4.33. The number of nitrogens with zero attached hydrogens (tertiary/aromatic N) is 3. The second-order valence-electron chi connectivity index (χ2n) is 8.42. The molecule has 2 fully saturated rings. The van der Waals surface area contributed by atoms with E-state index < -0.39 is 5.41 Å². The summed E-state index contributed by atoms with van der Waals surface area (Å²) < 4.78 is 13.4. The van der Waals surface area contributed by atoms with Crippen LogP contribution in [0.25, 0.3) is 0 Å². The topological polar surface area (TPSA) is 48.5 Å². The minimum atomic E-state index is -0.542. The van der Waals surface area contributed by atoms with E-state index >= 15 is 0 Å². The molecule has 0 spiro atoms. The molecule has 1 aliphatic heterocycles. The van der Waals surface area contributed by atoms with Crippen LogP contribution in [0.2, 0.25) is 0 Å². The normalized spacial score (nSPS) is 19.1. The molecule has 1 saturated heterocycles. The number of anilines is 1. The lowest BCUT2D eigenvalue weighted by molar-refractivity contribution is -0.126. The van der Waals surface area contributed by atoms with Gasteiger partial charge in [0.05, 0.1) is 5.41 Å². The number of hydrogen-bond donors (Lipinski definition) is 1. The monoisotopic (exact) mass is 410 g/mol. The molecule has 2 aliphatic rings. The van der Waals surface area contributed by atoms with Gasteiger partial charge in [-0.2, -0.15) is 0 Å². The minimum absolute atomic E-state index is 0.0431. The Hall–Kier alpha value is -2.47. The van der Waals surface area contributed by atoms with Crippen molar-refractivity contribution in [3.8, 4) is 0 Å². The van der Waals surface area contributed by atoms with Crippen molar-refractivity contribution >= 4 is 11.7 Å². The van der Waals surface area contributed by atoms with Crippen molar-refractivity contribution in [3.63, 3.8) is 0 Å². The van der Waals surface area contributed by atoms with Gasteiger partial charge in [-0.1, -0.05) is 31.9 Å². The quantitative estimate of drug-likeness (QED) is 0.792. The number of carbonyl (C=O) groups excluding carboxylic acids is 1. The van der Waals surface area contributed by atoms with E-state index in [2.05, 4.69) is 33.1 Å². The molecule has 0 unspecified atom stereocenters. The van der Waals surface area contributed by atoms with Crippen LogP contribution >= 0.6 is 0 Å². The van der Waals surface area contributed by atoms with E-state index in [9.17, 15) is 9.18 Å². The third-order valence-electron chi connectivity index (χ3n) is 6.70. The van der Waals surface area contributed by atoms with Gasteiger partial charge in [-0.25, -0.2) is 9.37 Å². The van der Waals surface area contributed by atoms with Crippen molar-refractivity contribution in [2.45, 2.75) is 44.6 Å². The lowest BCUT2D eigenvalue weighted by Crippen LogP contribution is -2.46. The van der Waals surface area contributed by atoms with E-state index in [-0.39, 0.29) is 11.7 Å². The first-order valence-electron chi connectivity index (χ1n) is 11.1. The predicted octanol–water partition coefficient (Wildman–Crippen LogP) is 3.49. The molecular formula is C24H31FN4O. The molecule has 2 heterocycles. The minimum Gasteiger partial charge on any atom is -0.354 e.